The van der Waals surface area contributed by atoms with E-state index < -0.39 is 8.07 Å². The van der Waals surface area contributed by atoms with Gasteiger partial charge in [0.05, 0.1) is 11.1 Å². The summed E-state index contributed by atoms with van der Waals surface area (Å²) in [6, 6.07) is 12.1. The van der Waals surface area contributed by atoms with Crippen LogP contribution >= 0.6 is 0 Å². The summed E-state index contributed by atoms with van der Waals surface area (Å²) in [6.07, 6.45) is 3.44. The topological polar surface area (TPSA) is 54.5 Å². The normalized spacial score (nSPS) is 11.7. The third kappa shape index (κ3) is 3.48. The van der Waals surface area contributed by atoms with Crippen LogP contribution in [-0.4, -0.2) is 22.6 Å². The van der Waals surface area contributed by atoms with Gasteiger partial charge in [0.1, 0.15) is 19.8 Å². The molecule has 2 aromatic heterocycles. The summed E-state index contributed by atoms with van der Waals surface area (Å²) >= 11 is 0. The molecule has 0 radical (unpaired) electrons. The van der Waals surface area contributed by atoms with E-state index in [0.717, 1.165) is 10.9 Å². The largest absolute Gasteiger partial charge is 0.269 e. The molecule has 29 heavy (non-hydrogen) atoms. The van der Waals surface area contributed by atoms with Gasteiger partial charge < -0.3 is 0 Å². The molecule has 4 nitrogen and oxygen atoms in total. The van der Waals surface area contributed by atoms with Gasteiger partial charge in [-0.1, -0.05) is 65.7 Å². The van der Waals surface area contributed by atoms with Gasteiger partial charge in [-0.2, -0.15) is 5.26 Å². The Balaban J connectivity index is 2.37. The van der Waals surface area contributed by atoms with E-state index >= 15 is 0 Å². The molecule has 0 N–H and O–H groups in total. The number of nitrogens with zero attached hydrogens (tertiary/aromatic N) is 4. The maximum atomic E-state index is 9.97. The lowest BCUT2D eigenvalue weighted by Crippen LogP contribution is -2.43. The molecule has 0 amide bonds. The number of nitriles is 1. The van der Waals surface area contributed by atoms with E-state index in [1.54, 1.807) is 18.5 Å². The summed E-state index contributed by atoms with van der Waals surface area (Å²) in [6.45, 7) is 13.8. The summed E-state index contributed by atoms with van der Waals surface area (Å²) < 4.78 is 1.93. The summed E-state index contributed by atoms with van der Waals surface area (Å²) in [5, 5.41) is 10.9. The highest BCUT2D eigenvalue weighted by Gasteiger charge is 2.41. The fourth-order valence-corrected chi connectivity index (χ4v) is 9.89. The summed E-state index contributed by atoms with van der Waals surface area (Å²) in [5.74, 6) is 4.02. The maximum absolute atomic E-state index is 9.97. The third-order valence-electron chi connectivity index (χ3n) is 6.00. The van der Waals surface area contributed by atoms with Gasteiger partial charge in [0.15, 0.2) is 0 Å². The van der Waals surface area contributed by atoms with Crippen LogP contribution in [0.4, 0.5) is 0 Å². The lowest BCUT2D eigenvalue weighted by atomic mass is 10.1. The van der Waals surface area contributed by atoms with E-state index in [1.807, 2.05) is 28.8 Å². The Morgan fingerprint density at radius 2 is 1.48 bits per heavy atom. The number of hydrogen-bond acceptors (Lipinski definition) is 3. The third-order valence-corrected chi connectivity index (χ3v) is 12.3. The minimum absolute atomic E-state index is 0.520. The molecule has 2 heterocycles. The van der Waals surface area contributed by atoms with Crippen molar-refractivity contribution in [3.05, 3.63) is 54.0 Å². The summed E-state index contributed by atoms with van der Waals surface area (Å²) in [7, 11) is -1.94. The molecular formula is C24H28N4Si. The van der Waals surface area contributed by atoms with E-state index in [1.165, 1.54) is 0 Å². The molecule has 0 unspecified atom stereocenters. The zero-order valence-electron chi connectivity index (χ0n) is 18.1. The maximum Gasteiger partial charge on any atom is 0.235 e. The van der Waals surface area contributed by atoms with E-state index in [0.29, 0.717) is 33.8 Å². The summed E-state index contributed by atoms with van der Waals surface area (Å²) in [4.78, 5) is 8.89. The minimum Gasteiger partial charge on any atom is -0.269 e. The van der Waals surface area contributed by atoms with Gasteiger partial charge in [0.25, 0.3) is 0 Å². The highest BCUT2D eigenvalue weighted by atomic mass is 28.3. The predicted molar refractivity (Wildman–Crippen MR) is 122 cm³/mol. The average Bonchev–Trinajstić information content (AvgIpc) is 3.01. The Morgan fingerprint density at radius 1 is 0.897 bits per heavy atom. The van der Waals surface area contributed by atoms with Crippen LogP contribution in [0.5, 0.6) is 0 Å². The molecule has 0 saturated carbocycles. The highest BCUT2D eigenvalue weighted by molar-refractivity contribution is 6.90. The Morgan fingerprint density at radius 3 is 2.03 bits per heavy atom. The first-order valence-corrected chi connectivity index (χ1v) is 12.4. The number of hydrogen-bond donors (Lipinski definition) is 0. The van der Waals surface area contributed by atoms with Crippen LogP contribution in [0.2, 0.25) is 16.6 Å². The van der Waals surface area contributed by atoms with Gasteiger partial charge >= 0.3 is 0 Å². The first kappa shape index (κ1) is 20.8. The molecule has 3 aromatic rings. The monoisotopic (exact) mass is 400 g/mol. The number of rotatable bonds is 4. The second-order valence-electron chi connectivity index (χ2n) is 8.38. The predicted octanol–water partition coefficient (Wildman–Crippen LogP) is 5.86. The molecule has 3 rings (SSSR count). The average molecular weight is 401 g/mol. The Kier molecular flexibility index (Phi) is 5.91. The van der Waals surface area contributed by atoms with Gasteiger partial charge in [-0.25, -0.2) is 9.97 Å². The van der Waals surface area contributed by atoms with Crippen molar-refractivity contribution in [3.8, 4) is 23.5 Å². The standard InChI is InChI=1S/C24H28N4Si/c1-17(2)29(18(3)4,19(5)6)15-12-23-21(16-25)20-10-7-8-11-22(20)28(23)24-26-13-9-14-27-24/h7-11,13-14,17-19H,1-6H3. The molecule has 0 fully saturated rings. The molecule has 0 aliphatic carbocycles. The first-order valence-electron chi connectivity index (χ1n) is 10.2. The lowest BCUT2D eigenvalue weighted by Gasteiger charge is -2.38. The van der Waals surface area contributed by atoms with Crippen LogP contribution in [0, 0.1) is 22.8 Å². The van der Waals surface area contributed by atoms with Crippen molar-refractivity contribution >= 4 is 19.0 Å². The molecule has 5 heteroatoms. The van der Waals surface area contributed by atoms with Crippen molar-refractivity contribution in [1.82, 2.24) is 14.5 Å². The lowest BCUT2D eigenvalue weighted by molar-refractivity contribution is 0.838. The van der Waals surface area contributed by atoms with Crippen LogP contribution in [0.3, 0.4) is 0 Å². The highest BCUT2D eigenvalue weighted by Crippen LogP contribution is 2.41. The van der Waals surface area contributed by atoms with Crippen LogP contribution in [0.15, 0.2) is 42.7 Å². The molecule has 0 bridgehead atoms. The Labute approximate surface area is 174 Å². The van der Waals surface area contributed by atoms with Crippen molar-refractivity contribution in [1.29, 1.82) is 5.26 Å². The number of aromatic nitrogens is 3. The van der Waals surface area contributed by atoms with Gasteiger partial charge in [-0.05, 0) is 28.8 Å². The van der Waals surface area contributed by atoms with E-state index in [-0.39, 0.29) is 0 Å². The number of benzene rings is 1. The molecule has 0 saturated heterocycles. The van der Waals surface area contributed by atoms with Gasteiger partial charge in [-0.15, -0.1) is 5.54 Å². The molecule has 0 atom stereocenters. The quantitative estimate of drug-likeness (QED) is 0.407. The number of para-hydroxylation sites is 1. The van der Waals surface area contributed by atoms with Crippen LogP contribution in [0.1, 0.15) is 52.8 Å². The second kappa shape index (κ2) is 8.23. The van der Waals surface area contributed by atoms with Gasteiger partial charge in [0.2, 0.25) is 5.95 Å². The Bertz CT molecular complexity index is 1090. The van der Waals surface area contributed by atoms with Crippen molar-refractivity contribution in [2.24, 2.45) is 0 Å². The van der Waals surface area contributed by atoms with E-state index in [2.05, 4.69) is 69.0 Å². The minimum atomic E-state index is -1.94. The SMILES string of the molecule is CC(C)[Si](C#Cc1c(C#N)c2ccccc2n1-c1ncccn1)(C(C)C)C(C)C. The Hall–Kier alpha value is -2.89. The van der Waals surface area contributed by atoms with Gasteiger partial charge in [-0.3, -0.25) is 4.57 Å². The van der Waals surface area contributed by atoms with Crippen molar-refractivity contribution < 1.29 is 0 Å². The van der Waals surface area contributed by atoms with Crippen molar-refractivity contribution in [3.63, 3.8) is 0 Å². The van der Waals surface area contributed by atoms with Crippen LogP contribution in [0.25, 0.3) is 16.9 Å². The zero-order chi connectivity index (χ0) is 21.2. The first-order chi connectivity index (χ1) is 13.8. The molecule has 0 aliphatic rings. The molecule has 0 aliphatic heterocycles. The number of fused-ring (bicyclic) bond motifs is 1. The van der Waals surface area contributed by atoms with Gasteiger partial charge in [0, 0.05) is 17.8 Å². The van der Waals surface area contributed by atoms with E-state index in [4.69, 9.17) is 0 Å². The zero-order valence-corrected chi connectivity index (χ0v) is 19.1. The van der Waals surface area contributed by atoms with E-state index in [9.17, 15) is 5.26 Å². The molecular weight excluding hydrogens is 372 g/mol. The molecule has 1 aromatic carbocycles. The second-order valence-corrected chi connectivity index (χ2v) is 14.0. The smallest absolute Gasteiger partial charge is 0.235 e. The fraction of sp³-hybridized carbons (Fsp3) is 0.375. The van der Waals surface area contributed by atoms with Crippen molar-refractivity contribution in [2.75, 3.05) is 0 Å². The van der Waals surface area contributed by atoms with Crippen molar-refractivity contribution in [2.45, 2.75) is 58.2 Å². The van der Waals surface area contributed by atoms with Crippen LogP contribution in [-0.2, 0) is 0 Å². The fourth-order valence-electron chi connectivity index (χ4n) is 4.69. The van der Waals surface area contributed by atoms with Crippen LogP contribution < -0.4 is 0 Å². The summed E-state index contributed by atoms with van der Waals surface area (Å²) in [5.41, 5.74) is 7.51. The molecule has 148 valence electrons. The molecule has 0 spiro atoms.